The summed E-state index contributed by atoms with van der Waals surface area (Å²) in [5.41, 5.74) is 0.856. The SMILES string of the molecule is CC(=O)C(=Cc1cccc2cnccc12)C(=O)OC1CCOCC1. The van der Waals surface area contributed by atoms with Gasteiger partial charge in [0.2, 0.25) is 0 Å². The first kappa shape index (κ1) is 16.3. The summed E-state index contributed by atoms with van der Waals surface area (Å²) >= 11 is 0. The van der Waals surface area contributed by atoms with Crippen LogP contribution < -0.4 is 0 Å². The summed E-state index contributed by atoms with van der Waals surface area (Å²) in [4.78, 5) is 28.5. The van der Waals surface area contributed by atoms with E-state index in [1.165, 1.54) is 6.92 Å². The lowest BCUT2D eigenvalue weighted by Crippen LogP contribution is -2.27. The van der Waals surface area contributed by atoms with Gasteiger partial charge in [-0.25, -0.2) is 4.79 Å². The van der Waals surface area contributed by atoms with Gasteiger partial charge in [0.05, 0.1) is 13.2 Å². The zero-order chi connectivity index (χ0) is 16.9. The van der Waals surface area contributed by atoms with E-state index in [9.17, 15) is 9.59 Å². The summed E-state index contributed by atoms with van der Waals surface area (Å²) in [6, 6.07) is 7.54. The van der Waals surface area contributed by atoms with E-state index in [1.54, 1.807) is 18.5 Å². The Morgan fingerprint density at radius 1 is 1.25 bits per heavy atom. The maximum Gasteiger partial charge on any atom is 0.342 e. The van der Waals surface area contributed by atoms with Crippen molar-refractivity contribution >= 4 is 28.6 Å². The molecule has 2 heterocycles. The second-order valence-electron chi connectivity index (χ2n) is 5.78. The highest BCUT2D eigenvalue weighted by Gasteiger charge is 2.23. The number of pyridine rings is 1. The largest absolute Gasteiger partial charge is 0.459 e. The van der Waals surface area contributed by atoms with Crippen molar-refractivity contribution in [2.75, 3.05) is 13.2 Å². The molecule has 0 atom stereocenters. The van der Waals surface area contributed by atoms with Gasteiger partial charge in [0.25, 0.3) is 0 Å². The van der Waals surface area contributed by atoms with E-state index in [2.05, 4.69) is 4.98 Å². The van der Waals surface area contributed by atoms with Crippen LogP contribution in [0.4, 0.5) is 0 Å². The lowest BCUT2D eigenvalue weighted by atomic mass is 10.0. The molecule has 0 bridgehead atoms. The monoisotopic (exact) mass is 325 g/mol. The van der Waals surface area contributed by atoms with E-state index in [1.807, 2.05) is 24.3 Å². The lowest BCUT2D eigenvalue weighted by molar-refractivity contribution is -0.149. The maximum atomic E-state index is 12.4. The molecule has 5 nitrogen and oxygen atoms in total. The fourth-order valence-corrected chi connectivity index (χ4v) is 2.74. The van der Waals surface area contributed by atoms with Crippen LogP contribution in [0.15, 0.2) is 42.2 Å². The van der Waals surface area contributed by atoms with Crippen molar-refractivity contribution in [1.29, 1.82) is 0 Å². The van der Waals surface area contributed by atoms with Gasteiger partial charge in [0.15, 0.2) is 5.78 Å². The Bertz CT molecular complexity index is 786. The van der Waals surface area contributed by atoms with Gasteiger partial charge in [-0.05, 0) is 30.0 Å². The summed E-state index contributed by atoms with van der Waals surface area (Å²) in [6.45, 7) is 2.53. The number of ketones is 1. The molecule has 5 heteroatoms. The van der Waals surface area contributed by atoms with Gasteiger partial charge < -0.3 is 9.47 Å². The Hall–Kier alpha value is -2.53. The summed E-state index contributed by atoms with van der Waals surface area (Å²) in [5.74, 6) is -0.876. The van der Waals surface area contributed by atoms with Crippen molar-refractivity contribution in [1.82, 2.24) is 4.98 Å². The number of carbonyl (C=O) groups excluding carboxylic acids is 2. The Kier molecular flexibility index (Phi) is 5.01. The molecule has 0 radical (unpaired) electrons. The standard InChI is InChI=1S/C19H19NO4/c1-13(21)18(19(22)24-16-6-9-23-10-7-16)11-14-3-2-4-15-12-20-8-5-17(14)15/h2-5,8,11-12,16H,6-7,9-10H2,1H3. The molecule has 0 saturated carbocycles. The van der Waals surface area contributed by atoms with Crippen LogP contribution in [0.3, 0.4) is 0 Å². The van der Waals surface area contributed by atoms with E-state index in [-0.39, 0.29) is 17.5 Å². The van der Waals surface area contributed by atoms with E-state index < -0.39 is 5.97 Å². The molecular weight excluding hydrogens is 306 g/mol. The molecule has 124 valence electrons. The number of ether oxygens (including phenoxy) is 2. The molecule has 0 amide bonds. The number of hydrogen-bond donors (Lipinski definition) is 0. The molecule has 2 aromatic rings. The van der Waals surface area contributed by atoms with E-state index >= 15 is 0 Å². The second-order valence-corrected chi connectivity index (χ2v) is 5.78. The van der Waals surface area contributed by atoms with Crippen LogP contribution in [0.5, 0.6) is 0 Å². The van der Waals surface area contributed by atoms with Crippen molar-refractivity contribution in [3.05, 3.63) is 47.8 Å². The van der Waals surface area contributed by atoms with Gasteiger partial charge in [-0.1, -0.05) is 18.2 Å². The lowest BCUT2D eigenvalue weighted by Gasteiger charge is -2.22. The van der Waals surface area contributed by atoms with E-state index in [0.717, 1.165) is 16.3 Å². The molecule has 0 aliphatic carbocycles. The number of nitrogens with zero attached hydrogens (tertiary/aromatic N) is 1. The predicted molar refractivity (Wildman–Crippen MR) is 90.3 cm³/mol. The summed E-state index contributed by atoms with van der Waals surface area (Å²) in [6.07, 6.45) is 6.18. The highest BCUT2D eigenvalue weighted by atomic mass is 16.6. The summed E-state index contributed by atoms with van der Waals surface area (Å²) < 4.78 is 10.7. The molecule has 1 aliphatic heterocycles. The highest BCUT2D eigenvalue weighted by Crippen LogP contribution is 2.21. The molecule has 1 fully saturated rings. The number of hydrogen-bond acceptors (Lipinski definition) is 5. The fraction of sp³-hybridized carbons (Fsp3) is 0.316. The molecule has 1 saturated heterocycles. The zero-order valence-electron chi connectivity index (χ0n) is 13.5. The number of fused-ring (bicyclic) bond motifs is 1. The molecule has 0 N–H and O–H groups in total. The molecule has 24 heavy (non-hydrogen) atoms. The Labute approximate surface area is 140 Å². The maximum absolute atomic E-state index is 12.4. The average molecular weight is 325 g/mol. The predicted octanol–water partition coefficient (Wildman–Crippen LogP) is 2.93. The van der Waals surface area contributed by atoms with Crippen molar-refractivity contribution in [2.45, 2.75) is 25.9 Å². The highest BCUT2D eigenvalue weighted by molar-refractivity contribution is 6.20. The van der Waals surface area contributed by atoms with Gasteiger partial charge in [-0.15, -0.1) is 0 Å². The number of esters is 1. The minimum Gasteiger partial charge on any atom is -0.459 e. The van der Waals surface area contributed by atoms with Crippen LogP contribution in [0.2, 0.25) is 0 Å². The number of Topliss-reactive ketones (excluding diaryl/α,β-unsaturated/α-hetero) is 1. The van der Waals surface area contributed by atoms with Crippen molar-refractivity contribution in [3.63, 3.8) is 0 Å². The van der Waals surface area contributed by atoms with Gasteiger partial charge in [-0.2, -0.15) is 0 Å². The number of rotatable bonds is 4. The first-order chi connectivity index (χ1) is 11.6. The van der Waals surface area contributed by atoms with Crippen molar-refractivity contribution in [3.8, 4) is 0 Å². The molecule has 1 aliphatic rings. The van der Waals surface area contributed by atoms with Crippen LogP contribution in [-0.2, 0) is 19.1 Å². The van der Waals surface area contributed by atoms with Crippen LogP contribution in [0, 0.1) is 0 Å². The Morgan fingerprint density at radius 3 is 2.79 bits per heavy atom. The van der Waals surface area contributed by atoms with Gasteiger partial charge in [-0.3, -0.25) is 9.78 Å². The fourth-order valence-electron chi connectivity index (χ4n) is 2.74. The van der Waals surface area contributed by atoms with Crippen molar-refractivity contribution < 1.29 is 19.1 Å². The molecule has 0 unspecified atom stereocenters. The third kappa shape index (κ3) is 3.68. The minimum atomic E-state index is -0.569. The van der Waals surface area contributed by atoms with Crippen molar-refractivity contribution in [2.24, 2.45) is 0 Å². The summed E-state index contributed by atoms with van der Waals surface area (Å²) in [5, 5.41) is 1.89. The zero-order valence-corrected chi connectivity index (χ0v) is 13.5. The van der Waals surface area contributed by atoms with Crippen LogP contribution in [0.25, 0.3) is 16.8 Å². The van der Waals surface area contributed by atoms with Crippen LogP contribution >= 0.6 is 0 Å². The normalized spacial score (nSPS) is 16.1. The number of aromatic nitrogens is 1. The first-order valence-corrected chi connectivity index (χ1v) is 7.99. The third-order valence-electron chi connectivity index (χ3n) is 4.06. The average Bonchev–Trinajstić information content (AvgIpc) is 2.60. The van der Waals surface area contributed by atoms with Gasteiger partial charge in [0, 0.05) is 30.6 Å². The van der Waals surface area contributed by atoms with Gasteiger partial charge >= 0.3 is 5.97 Å². The quantitative estimate of drug-likeness (QED) is 0.374. The molecule has 3 rings (SSSR count). The summed E-state index contributed by atoms with van der Waals surface area (Å²) in [7, 11) is 0. The smallest absolute Gasteiger partial charge is 0.342 e. The molecule has 1 aromatic heterocycles. The first-order valence-electron chi connectivity index (χ1n) is 7.99. The van der Waals surface area contributed by atoms with E-state index in [4.69, 9.17) is 9.47 Å². The molecule has 0 spiro atoms. The van der Waals surface area contributed by atoms with Crippen LogP contribution in [-0.4, -0.2) is 36.1 Å². The Morgan fingerprint density at radius 2 is 2.04 bits per heavy atom. The number of carbonyl (C=O) groups is 2. The minimum absolute atomic E-state index is 0.0609. The second kappa shape index (κ2) is 7.36. The van der Waals surface area contributed by atoms with Gasteiger partial charge in [0.1, 0.15) is 11.7 Å². The molecule has 1 aromatic carbocycles. The number of benzene rings is 1. The topological polar surface area (TPSA) is 65.5 Å². The van der Waals surface area contributed by atoms with E-state index in [0.29, 0.717) is 26.1 Å². The Balaban J connectivity index is 1.90. The third-order valence-corrected chi connectivity index (χ3v) is 4.06. The van der Waals surface area contributed by atoms with Crippen LogP contribution in [0.1, 0.15) is 25.3 Å². The molecular formula is C19H19NO4.